The van der Waals surface area contributed by atoms with Crippen molar-refractivity contribution in [1.82, 2.24) is 20.2 Å². The highest BCUT2D eigenvalue weighted by molar-refractivity contribution is 6.29. The molecule has 2 aliphatic rings. The van der Waals surface area contributed by atoms with E-state index in [0.29, 0.717) is 37.0 Å². The van der Waals surface area contributed by atoms with Crippen LogP contribution in [-0.4, -0.2) is 63.7 Å². The van der Waals surface area contributed by atoms with Crippen molar-refractivity contribution in [2.24, 2.45) is 0 Å². The van der Waals surface area contributed by atoms with Crippen molar-refractivity contribution in [3.8, 4) is 0 Å². The van der Waals surface area contributed by atoms with E-state index in [-0.39, 0.29) is 18.0 Å². The van der Waals surface area contributed by atoms with Gasteiger partial charge in [-0.25, -0.2) is 14.8 Å². The van der Waals surface area contributed by atoms with Gasteiger partial charge in [0, 0.05) is 32.1 Å². The van der Waals surface area contributed by atoms with Crippen LogP contribution in [0.1, 0.15) is 12.8 Å². The number of rotatable bonds is 3. The molecule has 2 fully saturated rings. The highest BCUT2D eigenvalue weighted by atomic mass is 35.5. The second kappa shape index (κ2) is 5.96. The number of carbonyl (C=O) groups excluding carboxylic acids is 1. The SMILES string of the molecule is O=C(O)N[C@H]1CN(c2cc(Cl)ncn2)C[C@H]1N1CCCC1=O. The summed E-state index contributed by atoms with van der Waals surface area (Å²) in [6.45, 7) is 1.62. The zero-order chi connectivity index (χ0) is 15.7. The summed E-state index contributed by atoms with van der Waals surface area (Å²) < 4.78 is 0. The first-order chi connectivity index (χ1) is 10.5. The third-order valence-electron chi connectivity index (χ3n) is 4.05. The molecule has 22 heavy (non-hydrogen) atoms. The lowest BCUT2D eigenvalue weighted by Crippen LogP contribution is -2.51. The minimum absolute atomic E-state index is 0.0739. The molecule has 2 N–H and O–H groups in total. The lowest BCUT2D eigenvalue weighted by Gasteiger charge is -2.28. The minimum Gasteiger partial charge on any atom is -0.465 e. The fraction of sp³-hybridized carbons (Fsp3) is 0.538. The molecule has 1 aromatic rings. The van der Waals surface area contributed by atoms with Gasteiger partial charge in [0.2, 0.25) is 5.91 Å². The van der Waals surface area contributed by atoms with Crippen molar-refractivity contribution >= 4 is 29.4 Å². The minimum atomic E-state index is -1.09. The number of likely N-dealkylation sites (tertiary alicyclic amines) is 1. The molecule has 0 aliphatic carbocycles. The second-order valence-corrected chi connectivity index (χ2v) is 5.81. The molecule has 1 aromatic heterocycles. The molecule has 0 bridgehead atoms. The summed E-state index contributed by atoms with van der Waals surface area (Å²) in [5.41, 5.74) is 0. The largest absolute Gasteiger partial charge is 0.465 e. The topological polar surface area (TPSA) is 98.7 Å². The summed E-state index contributed by atoms with van der Waals surface area (Å²) in [4.78, 5) is 34.7. The number of hydrogen-bond donors (Lipinski definition) is 2. The van der Waals surface area contributed by atoms with Crippen LogP contribution in [0.15, 0.2) is 12.4 Å². The van der Waals surface area contributed by atoms with Gasteiger partial charge in [0.15, 0.2) is 0 Å². The number of halogens is 1. The fourth-order valence-electron chi connectivity index (χ4n) is 3.11. The van der Waals surface area contributed by atoms with E-state index in [1.165, 1.54) is 6.33 Å². The molecule has 8 nitrogen and oxygen atoms in total. The van der Waals surface area contributed by atoms with Crippen molar-refractivity contribution < 1.29 is 14.7 Å². The van der Waals surface area contributed by atoms with Gasteiger partial charge in [0.05, 0.1) is 12.1 Å². The van der Waals surface area contributed by atoms with E-state index < -0.39 is 6.09 Å². The normalized spacial score (nSPS) is 24.9. The number of hydrogen-bond acceptors (Lipinski definition) is 5. The average molecular weight is 326 g/mol. The summed E-state index contributed by atoms with van der Waals surface area (Å²) in [6.07, 6.45) is 1.61. The zero-order valence-corrected chi connectivity index (χ0v) is 12.5. The number of nitrogens with zero attached hydrogens (tertiary/aromatic N) is 4. The molecule has 118 valence electrons. The molecule has 3 heterocycles. The van der Waals surface area contributed by atoms with Crippen molar-refractivity contribution in [2.75, 3.05) is 24.5 Å². The summed E-state index contributed by atoms with van der Waals surface area (Å²) in [7, 11) is 0. The molecule has 2 atom stereocenters. The number of amides is 2. The Bertz CT molecular complexity index is 599. The Morgan fingerprint density at radius 2 is 2.23 bits per heavy atom. The second-order valence-electron chi connectivity index (χ2n) is 5.42. The van der Waals surface area contributed by atoms with Crippen molar-refractivity contribution in [2.45, 2.75) is 24.9 Å². The maximum absolute atomic E-state index is 12.0. The molecule has 2 aliphatic heterocycles. The van der Waals surface area contributed by atoms with Crippen LogP contribution in [0.5, 0.6) is 0 Å². The van der Waals surface area contributed by atoms with Gasteiger partial charge >= 0.3 is 6.09 Å². The molecule has 2 amide bonds. The highest BCUT2D eigenvalue weighted by Gasteiger charge is 2.41. The number of nitrogens with one attached hydrogen (secondary N) is 1. The Kier molecular flexibility index (Phi) is 4.02. The number of carbonyl (C=O) groups is 2. The van der Waals surface area contributed by atoms with Crippen LogP contribution in [0, 0.1) is 0 Å². The Morgan fingerprint density at radius 3 is 2.86 bits per heavy atom. The van der Waals surface area contributed by atoms with Crippen LogP contribution in [0.2, 0.25) is 5.15 Å². The average Bonchev–Trinajstić information content (AvgIpc) is 3.04. The van der Waals surface area contributed by atoms with Gasteiger partial charge < -0.3 is 20.2 Å². The van der Waals surface area contributed by atoms with Crippen molar-refractivity contribution in [1.29, 1.82) is 0 Å². The Balaban J connectivity index is 1.81. The summed E-state index contributed by atoms with van der Waals surface area (Å²) >= 11 is 5.88. The summed E-state index contributed by atoms with van der Waals surface area (Å²) in [6, 6.07) is 1.08. The Hall–Kier alpha value is -2.09. The Labute approximate surface area is 132 Å². The quantitative estimate of drug-likeness (QED) is 0.789. The van der Waals surface area contributed by atoms with Crippen LogP contribution in [0.25, 0.3) is 0 Å². The number of anilines is 1. The monoisotopic (exact) mass is 325 g/mol. The van der Waals surface area contributed by atoms with Crippen LogP contribution >= 0.6 is 11.6 Å². The molecule has 2 saturated heterocycles. The van der Waals surface area contributed by atoms with Gasteiger partial charge in [-0.2, -0.15) is 0 Å². The number of aromatic nitrogens is 2. The maximum Gasteiger partial charge on any atom is 0.405 e. The van der Waals surface area contributed by atoms with Gasteiger partial charge in [-0.1, -0.05) is 11.6 Å². The van der Waals surface area contributed by atoms with Gasteiger partial charge in [0.25, 0.3) is 0 Å². The van der Waals surface area contributed by atoms with Crippen LogP contribution in [-0.2, 0) is 4.79 Å². The van der Waals surface area contributed by atoms with E-state index >= 15 is 0 Å². The molecule has 0 spiro atoms. The molecular weight excluding hydrogens is 310 g/mol. The van der Waals surface area contributed by atoms with E-state index in [0.717, 1.165) is 6.42 Å². The van der Waals surface area contributed by atoms with E-state index in [1.807, 2.05) is 4.90 Å². The molecule has 0 saturated carbocycles. The summed E-state index contributed by atoms with van der Waals surface area (Å²) in [5.74, 6) is 0.705. The zero-order valence-electron chi connectivity index (χ0n) is 11.8. The van der Waals surface area contributed by atoms with E-state index in [1.54, 1.807) is 11.0 Å². The molecular formula is C13H16ClN5O3. The molecule has 0 aromatic carbocycles. The molecule has 0 radical (unpaired) electrons. The van der Waals surface area contributed by atoms with E-state index in [9.17, 15) is 9.59 Å². The highest BCUT2D eigenvalue weighted by Crippen LogP contribution is 2.26. The van der Waals surface area contributed by atoms with Gasteiger partial charge in [-0.05, 0) is 6.42 Å². The standard InChI is InChI=1S/C13H16ClN5O3/c14-10-4-11(16-7-15-10)18-5-8(17-13(21)22)9(6-18)19-3-1-2-12(19)20/h4,7-9,17H,1-3,5-6H2,(H,21,22)/t8-,9+/m0/s1. The number of carboxylic acid groups (broad SMARTS) is 1. The fourth-order valence-corrected chi connectivity index (χ4v) is 3.25. The molecule has 0 unspecified atom stereocenters. The Morgan fingerprint density at radius 1 is 1.41 bits per heavy atom. The van der Waals surface area contributed by atoms with Gasteiger partial charge in [-0.3, -0.25) is 4.79 Å². The predicted molar refractivity (Wildman–Crippen MR) is 78.9 cm³/mol. The predicted octanol–water partition coefficient (Wildman–Crippen LogP) is 0.577. The smallest absolute Gasteiger partial charge is 0.405 e. The first kappa shape index (κ1) is 14.8. The third kappa shape index (κ3) is 2.92. The van der Waals surface area contributed by atoms with Crippen LogP contribution in [0.4, 0.5) is 10.6 Å². The first-order valence-electron chi connectivity index (χ1n) is 7.06. The maximum atomic E-state index is 12.0. The van der Waals surface area contributed by atoms with Crippen LogP contribution in [0.3, 0.4) is 0 Å². The lowest BCUT2D eigenvalue weighted by atomic mass is 10.1. The molecule has 9 heteroatoms. The van der Waals surface area contributed by atoms with Crippen molar-refractivity contribution in [3.63, 3.8) is 0 Å². The van der Waals surface area contributed by atoms with Gasteiger partial charge in [-0.15, -0.1) is 0 Å². The van der Waals surface area contributed by atoms with E-state index in [2.05, 4.69) is 15.3 Å². The first-order valence-corrected chi connectivity index (χ1v) is 7.44. The van der Waals surface area contributed by atoms with Crippen molar-refractivity contribution in [3.05, 3.63) is 17.5 Å². The summed E-state index contributed by atoms with van der Waals surface area (Å²) in [5, 5.41) is 11.9. The lowest BCUT2D eigenvalue weighted by molar-refractivity contribution is -0.129. The van der Waals surface area contributed by atoms with Crippen LogP contribution < -0.4 is 10.2 Å². The van der Waals surface area contributed by atoms with Gasteiger partial charge in [0.1, 0.15) is 17.3 Å². The van der Waals surface area contributed by atoms with E-state index in [4.69, 9.17) is 16.7 Å². The third-order valence-corrected chi connectivity index (χ3v) is 4.26. The molecule has 3 rings (SSSR count).